The quantitative estimate of drug-likeness (QED) is 0.928. The molecule has 1 saturated heterocycles. The Morgan fingerprint density at radius 2 is 2.00 bits per heavy atom. The van der Waals surface area contributed by atoms with Gasteiger partial charge in [0.1, 0.15) is 6.54 Å². The minimum Gasteiger partial charge on any atom is -0.398 e. The average molecular weight is 285 g/mol. The first-order valence-electron chi connectivity index (χ1n) is 7.23. The van der Waals surface area contributed by atoms with Crippen LogP contribution in [0.1, 0.15) is 19.3 Å². The molecule has 1 aliphatic heterocycles. The molecule has 0 saturated carbocycles. The number of amides is 1. The molecule has 3 rings (SSSR count). The van der Waals surface area contributed by atoms with Crippen LogP contribution in [0.3, 0.4) is 0 Å². The van der Waals surface area contributed by atoms with E-state index in [4.69, 9.17) is 5.73 Å². The van der Waals surface area contributed by atoms with Crippen molar-refractivity contribution < 1.29 is 4.79 Å². The molecule has 2 aromatic heterocycles. The van der Waals surface area contributed by atoms with E-state index >= 15 is 0 Å². The third kappa shape index (κ3) is 2.89. The molecule has 1 aliphatic rings. The number of piperidine rings is 1. The summed E-state index contributed by atoms with van der Waals surface area (Å²) >= 11 is 0. The number of aromatic nitrogens is 3. The molecular formula is C15H19N5O. The molecule has 0 radical (unpaired) electrons. The summed E-state index contributed by atoms with van der Waals surface area (Å²) in [5.74, 6) is 0.136. The Balaban J connectivity index is 1.80. The van der Waals surface area contributed by atoms with E-state index in [-0.39, 0.29) is 5.91 Å². The number of imidazole rings is 1. The fourth-order valence-electron chi connectivity index (χ4n) is 2.68. The molecule has 6 nitrogen and oxygen atoms in total. The van der Waals surface area contributed by atoms with Gasteiger partial charge in [-0.2, -0.15) is 0 Å². The molecule has 2 aromatic rings. The predicted octanol–water partition coefficient (Wildman–Crippen LogP) is 1.54. The highest BCUT2D eigenvalue weighted by atomic mass is 16.2. The SMILES string of the molecule is Nc1ccncc1-c1cncn1CC(=O)N1CCCCC1. The fraction of sp³-hybridized carbons (Fsp3) is 0.400. The van der Waals surface area contributed by atoms with Crippen molar-refractivity contribution >= 4 is 11.6 Å². The second-order valence-electron chi connectivity index (χ2n) is 5.31. The number of nitrogen functional groups attached to an aromatic ring is 1. The van der Waals surface area contributed by atoms with E-state index in [2.05, 4.69) is 9.97 Å². The average Bonchev–Trinajstić information content (AvgIpc) is 2.96. The van der Waals surface area contributed by atoms with Crippen LogP contribution in [-0.2, 0) is 11.3 Å². The minimum atomic E-state index is 0.136. The van der Waals surface area contributed by atoms with Gasteiger partial charge in [-0.05, 0) is 25.3 Å². The standard InChI is InChI=1S/C15H19N5O/c16-13-4-5-17-8-12(13)14-9-18-11-20(14)10-15(21)19-6-2-1-3-7-19/h4-5,8-9,11H,1-3,6-7,10H2,(H2,16,17). The van der Waals surface area contributed by atoms with Crippen LogP contribution >= 0.6 is 0 Å². The summed E-state index contributed by atoms with van der Waals surface area (Å²) in [6, 6.07) is 1.75. The monoisotopic (exact) mass is 285 g/mol. The lowest BCUT2D eigenvalue weighted by atomic mass is 10.1. The fourth-order valence-corrected chi connectivity index (χ4v) is 2.68. The van der Waals surface area contributed by atoms with Crippen LogP contribution in [0.2, 0.25) is 0 Å². The molecule has 1 amide bonds. The van der Waals surface area contributed by atoms with E-state index in [1.807, 2.05) is 9.47 Å². The van der Waals surface area contributed by atoms with Crippen molar-refractivity contribution in [2.75, 3.05) is 18.8 Å². The highest BCUT2D eigenvalue weighted by Gasteiger charge is 2.18. The molecule has 0 spiro atoms. The summed E-state index contributed by atoms with van der Waals surface area (Å²) in [6.07, 6.45) is 10.1. The Labute approximate surface area is 123 Å². The van der Waals surface area contributed by atoms with Gasteiger partial charge in [-0.25, -0.2) is 4.98 Å². The van der Waals surface area contributed by atoms with Crippen LogP contribution in [0.5, 0.6) is 0 Å². The molecule has 0 unspecified atom stereocenters. The largest absolute Gasteiger partial charge is 0.398 e. The summed E-state index contributed by atoms with van der Waals surface area (Å²) in [5, 5.41) is 0. The van der Waals surface area contributed by atoms with Gasteiger partial charge in [0.25, 0.3) is 0 Å². The lowest BCUT2D eigenvalue weighted by Gasteiger charge is -2.27. The predicted molar refractivity (Wildman–Crippen MR) is 80.3 cm³/mol. The number of carbonyl (C=O) groups is 1. The smallest absolute Gasteiger partial charge is 0.242 e. The number of carbonyl (C=O) groups excluding carboxylic acids is 1. The van der Waals surface area contributed by atoms with E-state index in [9.17, 15) is 4.79 Å². The van der Waals surface area contributed by atoms with Crippen molar-refractivity contribution in [1.82, 2.24) is 19.4 Å². The van der Waals surface area contributed by atoms with Crippen molar-refractivity contribution in [2.24, 2.45) is 0 Å². The number of nitrogens with two attached hydrogens (primary N) is 1. The maximum Gasteiger partial charge on any atom is 0.242 e. The maximum absolute atomic E-state index is 12.4. The van der Waals surface area contributed by atoms with Crippen molar-refractivity contribution in [1.29, 1.82) is 0 Å². The number of likely N-dealkylation sites (tertiary alicyclic amines) is 1. The first-order chi connectivity index (χ1) is 10.3. The minimum absolute atomic E-state index is 0.136. The van der Waals surface area contributed by atoms with Gasteiger partial charge >= 0.3 is 0 Å². The summed E-state index contributed by atoms with van der Waals surface area (Å²) in [4.78, 5) is 22.5. The van der Waals surface area contributed by atoms with Gasteiger partial charge in [-0.15, -0.1) is 0 Å². The molecule has 110 valence electrons. The van der Waals surface area contributed by atoms with Crippen molar-refractivity contribution in [3.63, 3.8) is 0 Å². The first kappa shape index (κ1) is 13.6. The summed E-state index contributed by atoms with van der Waals surface area (Å²) in [7, 11) is 0. The van der Waals surface area contributed by atoms with Crippen molar-refractivity contribution in [3.8, 4) is 11.3 Å². The normalized spacial score (nSPS) is 15.1. The van der Waals surface area contributed by atoms with E-state index in [0.717, 1.165) is 37.2 Å². The zero-order valence-corrected chi connectivity index (χ0v) is 11.9. The lowest BCUT2D eigenvalue weighted by molar-refractivity contribution is -0.132. The topological polar surface area (TPSA) is 77.0 Å². The third-order valence-corrected chi connectivity index (χ3v) is 3.86. The summed E-state index contributed by atoms with van der Waals surface area (Å²) in [5.41, 5.74) is 8.25. The van der Waals surface area contributed by atoms with Gasteiger partial charge in [0.15, 0.2) is 0 Å². The van der Waals surface area contributed by atoms with Crippen LogP contribution in [0.25, 0.3) is 11.3 Å². The summed E-state index contributed by atoms with van der Waals surface area (Å²) in [6.45, 7) is 2.01. The molecule has 6 heteroatoms. The molecule has 0 atom stereocenters. The van der Waals surface area contributed by atoms with Crippen LogP contribution in [0.15, 0.2) is 31.0 Å². The molecular weight excluding hydrogens is 266 g/mol. The number of hydrogen-bond acceptors (Lipinski definition) is 4. The van der Waals surface area contributed by atoms with Gasteiger partial charge < -0.3 is 15.2 Å². The molecule has 2 N–H and O–H groups in total. The van der Waals surface area contributed by atoms with Gasteiger partial charge in [-0.3, -0.25) is 9.78 Å². The highest BCUT2D eigenvalue weighted by molar-refractivity contribution is 5.78. The van der Waals surface area contributed by atoms with Gasteiger partial charge in [0.05, 0.1) is 18.2 Å². The van der Waals surface area contributed by atoms with Crippen LogP contribution < -0.4 is 5.73 Å². The van der Waals surface area contributed by atoms with Crippen LogP contribution in [0.4, 0.5) is 5.69 Å². The van der Waals surface area contributed by atoms with Crippen molar-refractivity contribution in [2.45, 2.75) is 25.8 Å². The summed E-state index contributed by atoms with van der Waals surface area (Å²) < 4.78 is 1.84. The van der Waals surface area contributed by atoms with Crippen LogP contribution in [0, 0.1) is 0 Å². The molecule has 0 bridgehead atoms. The Morgan fingerprint density at radius 3 is 2.76 bits per heavy atom. The Hall–Kier alpha value is -2.37. The van der Waals surface area contributed by atoms with Gasteiger partial charge in [0.2, 0.25) is 5.91 Å². The number of rotatable bonds is 3. The highest BCUT2D eigenvalue weighted by Crippen LogP contribution is 2.24. The Bertz CT molecular complexity index is 630. The molecule has 0 aromatic carbocycles. The second kappa shape index (κ2) is 5.95. The first-order valence-corrected chi connectivity index (χ1v) is 7.23. The van der Waals surface area contributed by atoms with E-state index in [1.54, 1.807) is 31.0 Å². The van der Waals surface area contributed by atoms with E-state index in [1.165, 1.54) is 6.42 Å². The second-order valence-corrected chi connectivity index (χ2v) is 5.31. The van der Waals surface area contributed by atoms with E-state index < -0.39 is 0 Å². The molecule has 0 aliphatic carbocycles. The van der Waals surface area contributed by atoms with E-state index in [0.29, 0.717) is 12.2 Å². The van der Waals surface area contributed by atoms with Crippen LogP contribution in [-0.4, -0.2) is 38.4 Å². The number of hydrogen-bond donors (Lipinski definition) is 1. The number of nitrogens with zero attached hydrogens (tertiary/aromatic N) is 4. The number of pyridine rings is 1. The lowest BCUT2D eigenvalue weighted by Crippen LogP contribution is -2.37. The third-order valence-electron chi connectivity index (χ3n) is 3.86. The molecule has 21 heavy (non-hydrogen) atoms. The molecule has 3 heterocycles. The zero-order valence-electron chi connectivity index (χ0n) is 11.9. The zero-order chi connectivity index (χ0) is 14.7. The Kier molecular flexibility index (Phi) is 3.85. The maximum atomic E-state index is 12.4. The van der Waals surface area contributed by atoms with Crippen molar-refractivity contribution in [3.05, 3.63) is 31.0 Å². The molecule has 1 fully saturated rings. The van der Waals surface area contributed by atoms with Gasteiger partial charge in [-0.1, -0.05) is 0 Å². The number of anilines is 1. The van der Waals surface area contributed by atoms with Gasteiger partial charge in [0, 0.05) is 36.7 Å². The Morgan fingerprint density at radius 1 is 1.19 bits per heavy atom.